The molecule has 184 valence electrons. The molecule has 3 aromatic carbocycles. The molecule has 0 aromatic heterocycles. The maximum Gasteiger partial charge on any atom is 0.280 e. The van der Waals surface area contributed by atoms with E-state index in [1.165, 1.54) is 5.01 Å². The molecule has 0 bridgehead atoms. The Morgan fingerprint density at radius 2 is 1.78 bits per heavy atom. The first-order chi connectivity index (χ1) is 17.4. The predicted octanol–water partition coefficient (Wildman–Crippen LogP) is 5.98. The Kier molecular flexibility index (Phi) is 7.85. The van der Waals surface area contributed by atoms with E-state index in [4.69, 9.17) is 9.47 Å². The topological polar surface area (TPSA) is 80.2 Å². The van der Waals surface area contributed by atoms with Gasteiger partial charge in [0.25, 0.3) is 11.8 Å². The maximum atomic E-state index is 13.1. The molecule has 8 heteroatoms. The molecule has 0 radical (unpaired) electrons. The Morgan fingerprint density at radius 1 is 1.06 bits per heavy atom. The van der Waals surface area contributed by atoms with Gasteiger partial charge in [-0.15, -0.1) is 0 Å². The van der Waals surface area contributed by atoms with Gasteiger partial charge in [0.2, 0.25) is 0 Å². The third-order valence-corrected chi connectivity index (χ3v) is 5.98. The molecule has 1 N–H and O–H groups in total. The van der Waals surface area contributed by atoms with Crippen LogP contribution in [0, 0.1) is 6.92 Å². The molecular weight excluding hydrogens is 522 g/mol. The van der Waals surface area contributed by atoms with Gasteiger partial charge in [0.1, 0.15) is 0 Å². The van der Waals surface area contributed by atoms with Crippen LogP contribution in [0.1, 0.15) is 25.0 Å². The van der Waals surface area contributed by atoms with E-state index in [0.717, 1.165) is 11.1 Å². The van der Waals surface area contributed by atoms with Crippen molar-refractivity contribution in [2.45, 2.75) is 20.8 Å². The van der Waals surface area contributed by atoms with E-state index in [9.17, 15) is 9.59 Å². The van der Waals surface area contributed by atoms with E-state index < -0.39 is 0 Å². The number of hydrazone groups is 1. The van der Waals surface area contributed by atoms with Gasteiger partial charge >= 0.3 is 0 Å². The molecular formula is C28H26BrN3O4. The van der Waals surface area contributed by atoms with Gasteiger partial charge in [-0.25, -0.2) is 0 Å². The highest BCUT2D eigenvalue weighted by Crippen LogP contribution is 2.38. The number of halogens is 1. The van der Waals surface area contributed by atoms with Crippen LogP contribution in [-0.4, -0.2) is 30.7 Å². The number of carbonyl (C=O) groups excluding carboxylic acids is 2. The molecule has 0 atom stereocenters. The van der Waals surface area contributed by atoms with Crippen molar-refractivity contribution in [2.75, 3.05) is 23.5 Å². The fraction of sp³-hybridized carbons (Fsp3) is 0.179. The lowest BCUT2D eigenvalue weighted by molar-refractivity contribution is -0.118. The van der Waals surface area contributed by atoms with Crippen LogP contribution in [0.15, 0.2) is 81.9 Å². The summed E-state index contributed by atoms with van der Waals surface area (Å²) < 4.78 is 12.2. The summed E-state index contributed by atoms with van der Waals surface area (Å²) in [5.41, 5.74) is 4.34. The minimum absolute atomic E-state index is 0.191. The van der Waals surface area contributed by atoms with Gasteiger partial charge in [-0.1, -0.05) is 35.9 Å². The van der Waals surface area contributed by atoms with E-state index in [0.29, 0.717) is 45.2 Å². The van der Waals surface area contributed by atoms with Crippen LogP contribution in [0.4, 0.5) is 11.4 Å². The monoisotopic (exact) mass is 547 g/mol. The molecule has 7 nitrogen and oxygen atoms in total. The fourth-order valence-electron chi connectivity index (χ4n) is 3.64. The van der Waals surface area contributed by atoms with Crippen molar-refractivity contribution in [1.29, 1.82) is 0 Å². The number of hydrogen-bond acceptors (Lipinski definition) is 5. The molecule has 4 rings (SSSR count). The Morgan fingerprint density at radius 3 is 2.47 bits per heavy atom. The molecule has 1 aliphatic rings. The number of amides is 2. The van der Waals surface area contributed by atoms with Crippen LogP contribution in [0.2, 0.25) is 0 Å². The quantitative estimate of drug-likeness (QED) is 0.352. The van der Waals surface area contributed by atoms with E-state index in [-0.39, 0.29) is 18.4 Å². The van der Waals surface area contributed by atoms with Crippen molar-refractivity contribution >= 4 is 50.9 Å². The first kappa shape index (κ1) is 25.2. The number of nitrogens with one attached hydrogen (secondary N) is 1. The van der Waals surface area contributed by atoms with Crippen molar-refractivity contribution < 1.29 is 19.1 Å². The summed E-state index contributed by atoms with van der Waals surface area (Å²) in [7, 11) is 0. The SMILES string of the molecule is CCOc1cc(C=C2C(=O)N(c3ccccc3)N=C2C)cc(Br)c1OCC(=O)Nc1ccc(C)cc1. The van der Waals surface area contributed by atoms with Crippen molar-refractivity contribution in [1.82, 2.24) is 0 Å². The van der Waals surface area contributed by atoms with Crippen LogP contribution < -0.4 is 19.8 Å². The number of benzene rings is 3. The van der Waals surface area contributed by atoms with Gasteiger partial charge in [0.05, 0.1) is 28.1 Å². The maximum absolute atomic E-state index is 13.1. The number of rotatable bonds is 8. The molecule has 0 saturated heterocycles. The van der Waals surface area contributed by atoms with Crippen LogP contribution in [-0.2, 0) is 9.59 Å². The Bertz CT molecular complexity index is 1330. The lowest BCUT2D eigenvalue weighted by Gasteiger charge is -2.15. The summed E-state index contributed by atoms with van der Waals surface area (Å²) >= 11 is 3.53. The second kappa shape index (κ2) is 11.2. The van der Waals surface area contributed by atoms with E-state index in [1.807, 2.05) is 74.5 Å². The van der Waals surface area contributed by atoms with Gasteiger partial charge in [-0.3, -0.25) is 9.59 Å². The van der Waals surface area contributed by atoms with Gasteiger partial charge in [-0.05, 0) is 84.7 Å². The zero-order chi connectivity index (χ0) is 25.7. The Labute approximate surface area is 218 Å². The molecule has 3 aromatic rings. The smallest absolute Gasteiger partial charge is 0.280 e. The second-order valence-electron chi connectivity index (χ2n) is 8.16. The number of ether oxygens (including phenoxy) is 2. The minimum Gasteiger partial charge on any atom is -0.490 e. The summed E-state index contributed by atoms with van der Waals surface area (Å²) in [6.07, 6.45) is 1.77. The van der Waals surface area contributed by atoms with Crippen molar-refractivity contribution in [3.63, 3.8) is 0 Å². The minimum atomic E-state index is -0.288. The molecule has 1 aliphatic heterocycles. The number of para-hydroxylation sites is 1. The average Bonchev–Trinajstić information content (AvgIpc) is 3.14. The molecule has 0 fully saturated rings. The van der Waals surface area contributed by atoms with Crippen LogP contribution in [0.5, 0.6) is 11.5 Å². The molecule has 0 unspecified atom stereocenters. The van der Waals surface area contributed by atoms with Crippen molar-refractivity contribution in [3.05, 3.63) is 87.9 Å². The summed E-state index contributed by atoms with van der Waals surface area (Å²) in [6, 6.07) is 20.4. The average molecular weight is 548 g/mol. The highest BCUT2D eigenvalue weighted by molar-refractivity contribution is 9.10. The first-order valence-corrected chi connectivity index (χ1v) is 12.3. The number of carbonyl (C=O) groups is 2. The second-order valence-corrected chi connectivity index (χ2v) is 9.02. The summed E-state index contributed by atoms with van der Waals surface area (Å²) in [4.78, 5) is 25.5. The van der Waals surface area contributed by atoms with E-state index in [2.05, 4.69) is 26.3 Å². The van der Waals surface area contributed by atoms with Crippen LogP contribution in [0.3, 0.4) is 0 Å². The third-order valence-electron chi connectivity index (χ3n) is 5.39. The van der Waals surface area contributed by atoms with Gasteiger partial charge in [0.15, 0.2) is 18.1 Å². The van der Waals surface area contributed by atoms with E-state index >= 15 is 0 Å². The summed E-state index contributed by atoms with van der Waals surface area (Å²) in [5.74, 6) is 0.374. The Hall–Kier alpha value is -3.91. The molecule has 0 spiro atoms. The molecule has 36 heavy (non-hydrogen) atoms. The molecule has 2 amide bonds. The lowest BCUT2D eigenvalue weighted by atomic mass is 10.1. The van der Waals surface area contributed by atoms with Crippen molar-refractivity contribution in [2.24, 2.45) is 5.10 Å². The highest BCUT2D eigenvalue weighted by Gasteiger charge is 2.28. The normalized spacial score (nSPS) is 14.1. The summed E-state index contributed by atoms with van der Waals surface area (Å²) in [6.45, 7) is 5.86. The lowest BCUT2D eigenvalue weighted by Crippen LogP contribution is -2.21. The number of aryl methyl sites for hydroxylation is 1. The zero-order valence-corrected chi connectivity index (χ0v) is 21.8. The largest absolute Gasteiger partial charge is 0.490 e. The van der Waals surface area contributed by atoms with Gasteiger partial charge < -0.3 is 14.8 Å². The standard InChI is InChI=1S/C28H26BrN3O4/c1-4-35-25-16-20(14-23-19(3)31-32(28(23)34)22-8-6-5-7-9-22)15-24(29)27(25)36-17-26(33)30-21-12-10-18(2)11-13-21/h5-16H,4,17H2,1-3H3,(H,30,33). The summed E-state index contributed by atoms with van der Waals surface area (Å²) in [5, 5.41) is 8.63. The van der Waals surface area contributed by atoms with Crippen LogP contribution in [0.25, 0.3) is 6.08 Å². The number of nitrogens with zero attached hydrogens (tertiary/aromatic N) is 2. The first-order valence-electron chi connectivity index (χ1n) is 11.5. The predicted molar refractivity (Wildman–Crippen MR) is 146 cm³/mol. The van der Waals surface area contributed by atoms with Crippen LogP contribution >= 0.6 is 15.9 Å². The molecule has 0 aliphatic carbocycles. The van der Waals surface area contributed by atoms with Crippen molar-refractivity contribution in [3.8, 4) is 11.5 Å². The van der Waals surface area contributed by atoms with Gasteiger partial charge in [0, 0.05) is 5.69 Å². The zero-order valence-electron chi connectivity index (χ0n) is 20.2. The number of hydrogen-bond donors (Lipinski definition) is 1. The number of anilines is 2. The Balaban J connectivity index is 1.52. The fourth-order valence-corrected chi connectivity index (χ4v) is 4.22. The highest BCUT2D eigenvalue weighted by atomic mass is 79.9. The molecule has 1 heterocycles. The molecule has 0 saturated carbocycles. The van der Waals surface area contributed by atoms with E-state index in [1.54, 1.807) is 19.1 Å². The third kappa shape index (κ3) is 5.83. The van der Waals surface area contributed by atoms with Gasteiger partial charge in [-0.2, -0.15) is 10.1 Å².